The van der Waals surface area contributed by atoms with Gasteiger partial charge >= 0.3 is 0 Å². The molecule has 0 spiro atoms. The zero-order valence-corrected chi connectivity index (χ0v) is 17.2. The van der Waals surface area contributed by atoms with E-state index in [0.717, 1.165) is 45.0 Å². The Morgan fingerprint density at radius 3 is 2.41 bits per heavy atom. The summed E-state index contributed by atoms with van der Waals surface area (Å²) in [5, 5.41) is 0.924. The quantitative estimate of drug-likeness (QED) is 0.502. The minimum Gasteiger partial charge on any atom is -0.333 e. The van der Waals surface area contributed by atoms with Crippen LogP contribution >= 0.6 is 15.9 Å². The Labute approximate surface area is 168 Å². The Hall–Kier alpha value is -2.20. The molecule has 0 saturated carbocycles. The SMILES string of the molecule is C[C@@H]1CCC[C@H](C)N1C(=O)c1cc(-c2ccc(Br)cc2)nc2ccccc12. The standard InChI is InChI=1S/C23H23BrN2O/c1-15-6-5-7-16(2)26(15)23(27)20-14-22(17-10-12-18(24)13-11-17)25-21-9-4-3-8-19(20)21/h3-4,8-16H,5-7H2,1-2H3/t15-,16+. The maximum Gasteiger partial charge on any atom is 0.255 e. The lowest BCUT2D eigenvalue weighted by molar-refractivity contribution is 0.0513. The molecule has 3 nitrogen and oxygen atoms in total. The summed E-state index contributed by atoms with van der Waals surface area (Å²) in [7, 11) is 0. The summed E-state index contributed by atoms with van der Waals surface area (Å²) in [5.74, 6) is 0.117. The Kier molecular flexibility index (Phi) is 5.00. The number of carbonyl (C=O) groups is 1. The van der Waals surface area contributed by atoms with Gasteiger partial charge in [-0.2, -0.15) is 0 Å². The molecular weight excluding hydrogens is 400 g/mol. The highest BCUT2D eigenvalue weighted by molar-refractivity contribution is 9.10. The molecule has 4 rings (SSSR count). The van der Waals surface area contributed by atoms with Gasteiger partial charge < -0.3 is 4.90 Å². The van der Waals surface area contributed by atoms with Crippen molar-refractivity contribution in [3.8, 4) is 11.3 Å². The van der Waals surface area contributed by atoms with E-state index in [0.29, 0.717) is 0 Å². The molecule has 2 atom stereocenters. The molecule has 0 bridgehead atoms. The molecule has 2 aromatic carbocycles. The van der Waals surface area contributed by atoms with E-state index in [1.807, 2.05) is 54.6 Å². The van der Waals surface area contributed by atoms with E-state index in [1.165, 1.54) is 6.42 Å². The molecule has 27 heavy (non-hydrogen) atoms. The molecule has 1 fully saturated rings. The predicted octanol–water partition coefficient (Wildman–Crippen LogP) is 6.07. The minimum atomic E-state index is 0.117. The van der Waals surface area contributed by atoms with E-state index in [9.17, 15) is 4.79 Å². The van der Waals surface area contributed by atoms with Gasteiger partial charge in [-0.3, -0.25) is 4.79 Å². The lowest BCUT2D eigenvalue weighted by atomic mass is 9.95. The molecule has 0 N–H and O–H groups in total. The van der Waals surface area contributed by atoms with E-state index in [4.69, 9.17) is 4.98 Å². The fraction of sp³-hybridized carbons (Fsp3) is 0.304. The molecule has 3 aromatic rings. The van der Waals surface area contributed by atoms with Crippen molar-refractivity contribution in [3.05, 3.63) is 64.6 Å². The van der Waals surface area contributed by atoms with E-state index in [2.05, 4.69) is 34.7 Å². The molecule has 1 aromatic heterocycles. The monoisotopic (exact) mass is 422 g/mol. The van der Waals surface area contributed by atoms with Crippen molar-refractivity contribution in [3.63, 3.8) is 0 Å². The number of para-hydroxylation sites is 1. The summed E-state index contributed by atoms with van der Waals surface area (Å²) in [6, 6.07) is 18.5. The van der Waals surface area contributed by atoms with Crippen molar-refractivity contribution in [1.29, 1.82) is 0 Å². The fourth-order valence-corrected chi connectivity index (χ4v) is 4.35. The largest absolute Gasteiger partial charge is 0.333 e. The summed E-state index contributed by atoms with van der Waals surface area (Å²) in [4.78, 5) is 20.4. The third kappa shape index (κ3) is 3.51. The molecule has 1 saturated heterocycles. The highest BCUT2D eigenvalue weighted by atomic mass is 79.9. The molecule has 138 valence electrons. The molecule has 0 radical (unpaired) electrons. The average molecular weight is 423 g/mol. The van der Waals surface area contributed by atoms with Crippen LogP contribution < -0.4 is 0 Å². The number of piperidine rings is 1. The van der Waals surface area contributed by atoms with Crippen LogP contribution in [0.15, 0.2) is 59.1 Å². The van der Waals surface area contributed by atoms with Gasteiger partial charge in [0.15, 0.2) is 0 Å². The van der Waals surface area contributed by atoms with E-state index in [-0.39, 0.29) is 18.0 Å². The molecule has 0 aliphatic carbocycles. The maximum absolute atomic E-state index is 13.6. The van der Waals surface area contributed by atoms with Crippen LogP contribution in [0.2, 0.25) is 0 Å². The number of likely N-dealkylation sites (tertiary alicyclic amines) is 1. The van der Waals surface area contributed by atoms with Crippen molar-refractivity contribution >= 4 is 32.7 Å². The first kappa shape index (κ1) is 18.2. The Balaban J connectivity index is 1.85. The number of nitrogens with zero attached hydrogens (tertiary/aromatic N) is 2. The second-order valence-electron chi connectivity index (χ2n) is 7.42. The van der Waals surface area contributed by atoms with Crippen LogP contribution in [0, 0.1) is 0 Å². The fourth-order valence-electron chi connectivity index (χ4n) is 4.08. The Morgan fingerprint density at radius 2 is 1.70 bits per heavy atom. The topological polar surface area (TPSA) is 33.2 Å². The number of carbonyl (C=O) groups excluding carboxylic acids is 1. The van der Waals surface area contributed by atoms with Crippen LogP contribution in [0.5, 0.6) is 0 Å². The van der Waals surface area contributed by atoms with Crippen LogP contribution in [0.1, 0.15) is 43.5 Å². The second-order valence-corrected chi connectivity index (χ2v) is 8.34. The highest BCUT2D eigenvalue weighted by Gasteiger charge is 2.30. The van der Waals surface area contributed by atoms with Crippen molar-refractivity contribution in [2.75, 3.05) is 0 Å². The van der Waals surface area contributed by atoms with Gasteiger partial charge in [0.25, 0.3) is 5.91 Å². The molecule has 2 heterocycles. The van der Waals surface area contributed by atoms with E-state index in [1.54, 1.807) is 0 Å². The molecule has 1 amide bonds. The summed E-state index contributed by atoms with van der Waals surface area (Å²) >= 11 is 3.48. The van der Waals surface area contributed by atoms with Crippen molar-refractivity contribution in [1.82, 2.24) is 9.88 Å². The zero-order valence-electron chi connectivity index (χ0n) is 15.7. The van der Waals surface area contributed by atoms with Gasteiger partial charge in [0.1, 0.15) is 0 Å². The number of amides is 1. The van der Waals surface area contributed by atoms with Crippen LogP contribution in [0.4, 0.5) is 0 Å². The number of halogens is 1. The third-order valence-electron chi connectivity index (χ3n) is 5.51. The average Bonchev–Trinajstić information content (AvgIpc) is 2.67. The number of benzene rings is 2. The van der Waals surface area contributed by atoms with Gasteiger partial charge in [-0.15, -0.1) is 0 Å². The van der Waals surface area contributed by atoms with E-state index < -0.39 is 0 Å². The smallest absolute Gasteiger partial charge is 0.255 e. The molecule has 1 aliphatic rings. The van der Waals surface area contributed by atoms with Crippen molar-refractivity contribution < 1.29 is 4.79 Å². The second kappa shape index (κ2) is 7.43. The van der Waals surface area contributed by atoms with E-state index >= 15 is 0 Å². The third-order valence-corrected chi connectivity index (χ3v) is 6.04. The van der Waals surface area contributed by atoms with Gasteiger partial charge in [0.05, 0.1) is 16.8 Å². The number of pyridine rings is 1. The van der Waals surface area contributed by atoms with Gasteiger partial charge in [-0.25, -0.2) is 4.98 Å². The van der Waals surface area contributed by atoms with Gasteiger partial charge in [0, 0.05) is 27.5 Å². The van der Waals surface area contributed by atoms with Gasteiger partial charge in [0.2, 0.25) is 0 Å². The first-order valence-electron chi connectivity index (χ1n) is 9.53. The number of hydrogen-bond acceptors (Lipinski definition) is 2. The molecule has 4 heteroatoms. The summed E-state index contributed by atoms with van der Waals surface area (Å²) in [6.07, 6.45) is 3.32. The molecule has 1 aliphatic heterocycles. The first-order chi connectivity index (χ1) is 13.0. The number of fused-ring (bicyclic) bond motifs is 1. The lowest BCUT2D eigenvalue weighted by Gasteiger charge is -2.39. The minimum absolute atomic E-state index is 0.117. The summed E-state index contributed by atoms with van der Waals surface area (Å²) in [5.41, 5.74) is 3.46. The molecular formula is C23H23BrN2O. The van der Waals surface area contributed by atoms with Crippen LogP contribution in [-0.2, 0) is 0 Å². The van der Waals surface area contributed by atoms with Crippen LogP contribution in [0.3, 0.4) is 0 Å². The van der Waals surface area contributed by atoms with Crippen molar-refractivity contribution in [2.45, 2.75) is 45.2 Å². The predicted molar refractivity (Wildman–Crippen MR) is 114 cm³/mol. The number of aromatic nitrogens is 1. The number of hydrogen-bond donors (Lipinski definition) is 0. The zero-order chi connectivity index (χ0) is 19.0. The normalized spacial score (nSPS) is 20.0. The van der Waals surface area contributed by atoms with Gasteiger partial charge in [-0.05, 0) is 57.4 Å². The van der Waals surface area contributed by atoms with Crippen molar-refractivity contribution in [2.24, 2.45) is 0 Å². The van der Waals surface area contributed by atoms with Crippen LogP contribution in [-0.4, -0.2) is 27.9 Å². The number of rotatable bonds is 2. The highest BCUT2D eigenvalue weighted by Crippen LogP contribution is 2.30. The first-order valence-corrected chi connectivity index (χ1v) is 10.3. The molecule has 0 unspecified atom stereocenters. The summed E-state index contributed by atoms with van der Waals surface area (Å²) < 4.78 is 1.03. The van der Waals surface area contributed by atoms with Crippen LogP contribution in [0.25, 0.3) is 22.2 Å². The Bertz CT molecular complexity index is 973. The Morgan fingerprint density at radius 1 is 1.04 bits per heavy atom. The summed E-state index contributed by atoms with van der Waals surface area (Å²) in [6.45, 7) is 4.32. The maximum atomic E-state index is 13.6. The lowest BCUT2D eigenvalue weighted by Crippen LogP contribution is -2.47. The van der Waals surface area contributed by atoms with Gasteiger partial charge in [-0.1, -0.05) is 46.3 Å².